The van der Waals surface area contributed by atoms with E-state index in [0.717, 1.165) is 16.2 Å². The molecule has 1 aromatic heterocycles. The minimum Gasteiger partial charge on any atom is -0.465 e. The number of nitrogens with zero attached hydrogens (tertiary/aromatic N) is 2. The van der Waals surface area contributed by atoms with Crippen LogP contribution in [0.1, 0.15) is 34.7 Å². The molecule has 0 bridgehead atoms. The lowest BCUT2D eigenvalue weighted by atomic mass is 10.1. The van der Waals surface area contributed by atoms with Gasteiger partial charge in [-0.25, -0.2) is 14.3 Å². The third kappa shape index (κ3) is 4.57. The van der Waals surface area contributed by atoms with Crippen molar-refractivity contribution in [2.45, 2.75) is 18.7 Å². The van der Waals surface area contributed by atoms with Gasteiger partial charge < -0.3 is 9.47 Å². The Morgan fingerprint density at radius 1 is 1.00 bits per heavy atom. The van der Waals surface area contributed by atoms with Crippen LogP contribution in [-0.2, 0) is 9.47 Å². The number of ether oxygens (including phenoxy) is 2. The Hall–Kier alpha value is -3.06. The molecule has 0 radical (unpaired) electrons. The van der Waals surface area contributed by atoms with Crippen LogP contribution < -0.4 is 0 Å². The first-order valence-corrected chi connectivity index (χ1v) is 10.5. The summed E-state index contributed by atoms with van der Waals surface area (Å²) < 4.78 is 11.4. The van der Waals surface area contributed by atoms with E-state index in [0.29, 0.717) is 17.3 Å². The molecule has 156 valence electrons. The lowest BCUT2D eigenvalue weighted by Crippen LogP contribution is -2.15. The predicted molar refractivity (Wildman–Crippen MR) is 117 cm³/mol. The molecular weight excluding hydrogens is 400 g/mol. The van der Waals surface area contributed by atoms with Crippen LogP contribution in [0.5, 0.6) is 0 Å². The number of methoxy groups -OCH3 is 2. The molecule has 0 unspecified atom stereocenters. The fourth-order valence-electron chi connectivity index (χ4n) is 2.95. The zero-order valence-electron chi connectivity index (χ0n) is 17.4. The van der Waals surface area contributed by atoms with Crippen LogP contribution in [-0.4, -0.2) is 41.7 Å². The molecule has 0 aliphatic rings. The summed E-state index contributed by atoms with van der Waals surface area (Å²) in [7, 11) is 2.55. The number of rotatable bonds is 7. The number of carbonyl (C=O) groups is 2. The average molecular weight is 425 g/mol. The number of esters is 2. The number of carbonyl (C=O) groups excluding carboxylic acids is 2. The highest BCUT2D eigenvalue weighted by Crippen LogP contribution is 2.32. The molecule has 6 nitrogen and oxygen atoms in total. The third-order valence-electron chi connectivity index (χ3n) is 4.35. The maximum Gasteiger partial charge on any atom is 0.357 e. The third-order valence-corrected chi connectivity index (χ3v) is 5.77. The monoisotopic (exact) mass is 424 g/mol. The van der Waals surface area contributed by atoms with Crippen molar-refractivity contribution < 1.29 is 19.1 Å². The summed E-state index contributed by atoms with van der Waals surface area (Å²) in [6.45, 7) is 4.33. The SMILES string of the molecule is COC(=O)c1c(-c2cccc(SCC(C)C)c2)nn(-c2ccccc2)c1C(=O)OC. The Labute approximate surface area is 180 Å². The summed E-state index contributed by atoms with van der Waals surface area (Å²) in [5.74, 6) is 0.211. The van der Waals surface area contributed by atoms with Gasteiger partial charge in [0.25, 0.3) is 0 Å². The Bertz CT molecular complexity index is 1040. The molecule has 0 saturated heterocycles. The van der Waals surface area contributed by atoms with E-state index in [1.807, 2.05) is 42.5 Å². The molecule has 0 saturated carbocycles. The molecule has 0 spiro atoms. The van der Waals surface area contributed by atoms with Crippen molar-refractivity contribution in [3.05, 3.63) is 65.9 Å². The van der Waals surface area contributed by atoms with Crippen LogP contribution in [0, 0.1) is 5.92 Å². The Kier molecular flexibility index (Phi) is 6.95. The summed E-state index contributed by atoms with van der Waals surface area (Å²) in [4.78, 5) is 26.4. The summed E-state index contributed by atoms with van der Waals surface area (Å²) in [6.07, 6.45) is 0. The summed E-state index contributed by atoms with van der Waals surface area (Å²) >= 11 is 1.73. The van der Waals surface area contributed by atoms with E-state index in [1.54, 1.807) is 23.9 Å². The highest BCUT2D eigenvalue weighted by molar-refractivity contribution is 7.99. The molecular formula is C23H24N2O4S. The van der Waals surface area contributed by atoms with E-state index in [4.69, 9.17) is 9.47 Å². The molecule has 3 rings (SSSR count). The Morgan fingerprint density at radius 2 is 1.70 bits per heavy atom. The molecule has 3 aromatic rings. The summed E-state index contributed by atoms with van der Waals surface area (Å²) in [5.41, 5.74) is 1.85. The van der Waals surface area contributed by atoms with Gasteiger partial charge in [0.2, 0.25) is 0 Å². The van der Waals surface area contributed by atoms with E-state index >= 15 is 0 Å². The second-order valence-corrected chi connectivity index (χ2v) is 8.13. The molecule has 30 heavy (non-hydrogen) atoms. The predicted octanol–water partition coefficient (Wildman–Crippen LogP) is 4.86. The molecule has 1 heterocycles. The maximum atomic E-state index is 12.7. The van der Waals surface area contributed by atoms with Crippen molar-refractivity contribution in [2.24, 2.45) is 5.92 Å². The van der Waals surface area contributed by atoms with Gasteiger partial charge in [-0.15, -0.1) is 11.8 Å². The maximum absolute atomic E-state index is 12.7. The van der Waals surface area contributed by atoms with Crippen LogP contribution in [0.2, 0.25) is 0 Å². The minimum atomic E-state index is -0.664. The van der Waals surface area contributed by atoms with Crippen molar-refractivity contribution in [2.75, 3.05) is 20.0 Å². The van der Waals surface area contributed by atoms with Crippen molar-refractivity contribution in [3.8, 4) is 16.9 Å². The average Bonchev–Trinajstić information content (AvgIpc) is 3.18. The summed E-state index contributed by atoms with van der Waals surface area (Å²) in [5, 5.41) is 4.63. The largest absolute Gasteiger partial charge is 0.465 e. The fourth-order valence-corrected chi connectivity index (χ4v) is 3.86. The lowest BCUT2D eigenvalue weighted by Gasteiger charge is -2.07. The lowest BCUT2D eigenvalue weighted by molar-refractivity contribution is 0.0549. The van der Waals surface area contributed by atoms with Gasteiger partial charge >= 0.3 is 11.9 Å². The van der Waals surface area contributed by atoms with Crippen LogP contribution in [0.15, 0.2) is 59.5 Å². The Balaban J connectivity index is 2.22. The number of benzene rings is 2. The van der Waals surface area contributed by atoms with E-state index in [1.165, 1.54) is 18.9 Å². The highest BCUT2D eigenvalue weighted by atomic mass is 32.2. The number of thioether (sulfide) groups is 1. The standard InChI is InChI=1S/C23H24N2O4S/c1-15(2)14-30-18-12-8-9-16(13-18)20-19(22(26)28-3)21(23(27)29-4)25(24-20)17-10-6-5-7-11-17/h5-13,15H,14H2,1-4H3. The number of para-hydroxylation sites is 1. The van der Waals surface area contributed by atoms with E-state index in [-0.39, 0.29) is 11.3 Å². The van der Waals surface area contributed by atoms with Crippen LogP contribution >= 0.6 is 11.8 Å². The Morgan fingerprint density at radius 3 is 2.33 bits per heavy atom. The molecule has 0 aliphatic heterocycles. The number of hydrogen-bond acceptors (Lipinski definition) is 6. The first-order valence-electron chi connectivity index (χ1n) is 9.54. The summed E-state index contributed by atoms with van der Waals surface area (Å²) in [6, 6.07) is 16.9. The highest BCUT2D eigenvalue weighted by Gasteiger charge is 2.31. The van der Waals surface area contributed by atoms with Crippen LogP contribution in [0.4, 0.5) is 0 Å². The molecule has 2 aromatic carbocycles. The number of hydrogen-bond donors (Lipinski definition) is 0. The zero-order valence-corrected chi connectivity index (χ0v) is 18.2. The van der Waals surface area contributed by atoms with Gasteiger partial charge in [-0.1, -0.05) is 44.2 Å². The van der Waals surface area contributed by atoms with E-state index < -0.39 is 11.9 Å². The van der Waals surface area contributed by atoms with E-state index in [9.17, 15) is 9.59 Å². The molecule has 0 amide bonds. The number of aromatic nitrogens is 2. The molecule has 0 fully saturated rings. The van der Waals surface area contributed by atoms with Crippen LogP contribution in [0.3, 0.4) is 0 Å². The molecule has 0 N–H and O–H groups in total. The van der Waals surface area contributed by atoms with Gasteiger partial charge in [-0.05, 0) is 30.2 Å². The fraction of sp³-hybridized carbons (Fsp3) is 0.261. The molecule has 7 heteroatoms. The van der Waals surface area contributed by atoms with Gasteiger partial charge in [0.15, 0.2) is 5.69 Å². The first-order chi connectivity index (χ1) is 14.5. The van der Waals surface area contributed by atoms with Gasteiger partial charge in [0, 0.05) is 16.2 Å². The first kappa shape index (κ1) is 21.6. The smallest absolute Gasteiger partial charge is 0.357 e. The van der Waals surface area contributed by atoms with E-state index in [2.05, 4.69) is 18.9 Å². The van der Waals surface area contributed by atoms with Crippen molar-refractivity contribution in [3.63, 3.8) is 0 Å². The quantitative estimate of drug-likeness (QED) is 0.398. The van der Waals surface area contributed by atoms with Crippen molar-refractivity contribution >= 4 is 23.7 Å². The van der Waals surface area contributed by atoms with Gasteiger partial charge in [0.05, 0.1) is 19.9 Å². The van der Waals surface area contributed by atoms with Crippen molar-refractivity contribution in [1.82, 2.24) is 9.78 Å². The minimum absolute atomic E-state index is 0.0331. The van der Waals surface area contributed by atoms with Gasteiger partial charge in [-0.2, -0.15) is 5.10 Å². The second-order valence-electron chi connectivity index (χ2n) is 7.04. The van der Waals surface area contributed by atoms with Gasteiger partial charge in [0.1, 0.15) is 11.3 Å². The molecule has 0 atom stereocenters. The topological polar surface area (TPSA) is 70.4 Å². The normalized spacial score (nSPS) is 10.8. The van der Waals surface area contributed by atoms with Crippen molar-refractivity contribution in [1.29, 1.82) is 0 Å². The van der Waals surface area contributed by atoms with Gasteiger partial charge in [-0.3, -0.25) is 0 Å². The zero-order chi connectivity index (χ0) is 21.7. The van der Waals surface area contributed by atoms with Crippen LogP contribution in [0.25, 0.3) is 16.9 Å². The molecule has 0 aliphatic carbocycles. The second kappa shape index (κ2) is 9.63.